The van der Waals surface area contributed by atoms with E-state index in [0.717, 1.165) is 10.2 Å². The lowest BCUT2D eigenvalue weighted by molar-refractivity contribution is 1.21. The predicted molar refractivity (Wildman–Crippen MR) is 51.4 cm³/mol. The van der Waals surface area contributed by atoms with Crippen LogP contribution in [0.3, 0.4) is 0 Å². The van der Waals surface area contributed by atoms with E-state index in [4.69, 9.17) is 5.73 Å². The van der Waals surface area contributed by atoms with E-state index >= 15 is 0 Å². The van der Waals surface area contributed by atoms with Gasteiger partial charge in [0.05, 0.1) is 5.39 Å². The number of fused-ring (bicyclic) bond motifs is 1. The number of rotatable bonds is 1. The molecule has 0 aliphatic carbocycles. The van der Waals surface area contributed by atoms with Crippen molar-refractivity contribution < 1.29 is 0 Å². The summed E-state index contributed by atoms with van der Waals surface area (Å²) in [6.45, 7) is 0. The third-order valence-corrected chi connectivity index (χ3v) is 2.38. The average molecular weight is 180 g/mol. The first-order valence-electron chi connectivity index (χ1n) is 3.49. The van der Waals surface area contributed by atoms with Gasteiger partial charge in [0, 0.05) is 7.05 Å². The lowest BCUT2D eigenvalue weighted by Gasteiger charge is -1.99. The highest BCUT2D eigenvalue weighted by Crippen LogP contribution is 2.23. The van der Waals surface area contributed by atoms with Crippen molar-refractivity contribution in [3.8, 4) is 0 Å². The van der Waals surface area contributed by atoms with Gasteiger partial charge in [-0.05, 0) is 11.4 Å². The molecule has 4 nitrogen and oxygen atoms in total. The summed E-state index contributed by atoms with van der Waals surface area (Å²) in [5.41, 5.74) is 5.69. The molecule has 0 spiro atoms. The lowest BCUT2D eigenvalue weighted by atomic mass is 10.4. The van der Waals surface area contributed by atoms with Crippen molar-refractivity contribution in [2.45, 2.75) is 0 Å². The Morgan fingerprint density at radius 2 is 2.33 bits per heavy atom. The molecular weight excluding hydrogens is 172 g/mol. The Hall–Kier alpha value is -1.36. The summed E-state index contributed by atoms with van der Waals surface area (Å²) in [5, 5.41) is 5.74. The third kappa shape index (κ3) is 0.984. The van der Waals surface area contributed by atoms with Crippen LogP contribution in [0.2, 0.25) is 0 Å². The Bertz CT molecular complexity index is 409. The maximum Gasteiger partial charge on any atom is 0.225 e. The van der Waals surface area contributed by atoms with Crippen LogP contribution in [0.5, 0.6) is 0 Å². The summed E-state index contributed by atoms with van der Waals surface area (Å²) in [4.78, 5) is 9.21. The zero-order chi connectivity index (χ0) is 8.55. The van der Waals surface area contributed by atoms with Crippen molar-refractivity contribution in [3.05, 3.63) is 11.4 Å². The van der Waals surface area contributed by atoms with Gasteiger partial charge in [0.2, 0.25) is 5.95 Å². The van der Waals surface area contributed by atoms with E-state index in [1.165, 1.54) is 0 Å². The largest absolute Gasteiger partial charge is 0.383 e. The van der Waals surface area contributed by atoms with E-state index in [-0.39, 0.29) is 0 Å². The topological polar surface area (TPSA) is 63.8 Å². The molecule has 12 heavy (non-hydrogen) atoms. The number of aromatic nitrogens is 2. The van der Waals surface area contributed by atoms with Crippen LogP contribution in [0.1, 0.15) is 0 Å². The van der Waals surface area contributed by atoms with Crippen molar-refractivity contribution in [1.82, 2.24) is 9.97 Å². The molecule has 0 saturated heterocycles. The zero-order valence-electron chi connectivity index (χ0n) is 6.53. The maximum absolute atomic E-state index is 5.69. The van der Waals surface area contributed by atoms with Crippen molar-refractivity contribution >= 4 is 33.3 Å². The number of nitrogens with two attached hydrogens (primary N) is 1. The predicted octanol–water partition coefficient (Wildman–Crippen LogP) is 1.32. The van der Waals surface area contributed by atoms with Gasteiger partial charge in [-0.25, -0.2) is 4.98 Å². The van der Waals surface area contributed by atoms with Crippen molar-refractivity contribution in [2.24, 2.45) is 0 Å². The lowest BCUT2D eigenvalue weighted by Crippen LogP contribution is -1.99. The molecule has 62 valence electrons. The number of anilines is 2. The maximum atomic E-state index is 5.69. The average Bonchev–Trinajstić information content (AvgIpc) is 2.52. The first kappa shape index (κ1) is 7.30. The highest BCUT2D eigenvalue weighted by Gasteiger charge is 2.03. The third-order valence-electron chi connectivity index (χ3n) is 1.58. The fraction of sp³-hybridized carbons (Fsp3) is 0.143. The summed E-state index contributed by atoms with van der Waals surface area (Å²) >= 11 is 1.56. The van der Waals surface area contributed by atoms with E-state index in [0.29, 0.717) is 11.8 Å². The molecule has 2 heterocycles. The second-order valence-corrected chi connectivity index (χ2v) is 3.22. The second kappa shape index (κ2) is 2.60. The van der Waals surface area contributed by atoms with Gasteiger partial charge in [-0.1, -0.05) is 0 Å². The van der Waals surface area contributed by atoms with Gasteiger partial charge in [0.15, 0.2) is 0 Å². The van der Waals surface area contributed by atoms with Gasteiger partial charge in [0.25, 0.3) is 0 Å². The molecule has 2 aromatic heterocycles. The summed E-state index contributed by atoms with van der Waals surface area (Å²) < 4.78 is 0. The first-order valence-corrected chi connectivity index (χ1v) is 4.37. The highest BCUT2D eigenvalue weighted by atomic mass is 32.1. The van der Waals surface area contributed by atoms with Crippen LogP contribution >= 0.6 is 11.3 Å². The first-order chi connectivity index (χ1) is 5.81. The van der Waals surface area contributed by atoms with Gasteiger partial charge in [0.1, 0.15) is 10.6 Å². The minimum absolute atomic E-state index is 0.533. The summed E-state index contributed by atoms with van der Waals surface area (Å²) in [6, 6.07) is 1.93. The molecule has 0 amide bonds. The van der Waals surface area contributed by atoms with Crippen LogP contribution < -0.4 is 11.1 Å². The number of hydrogen-bond donors (Lipinski definition) is 2. The molecular formula is C7H8N4S. The van der Waals surface area contributed by atoms with Crippen molar-refractivity contribution in [3.63, 3.8) is 0 Å². The van der Waals surface area contributed by atoms with Gasteiger partial charge >= 0.3 is 0 Å². The van der Waals surface area contributed by atoms with Gasteiger partial charge in [-0.2, -0.15) is 4.98 Å². The van der Waals surface area contributed by atoms with E-state index in [2.05, 4.69) is 15.3 Å². The Labute approximate surface area is 73.4 Å². The smallest absolute Gasteiger partial charge is 0.225 e. The van der Waals surface area contributed by atoms with Gasteiger partial charge < -0.3 is 11.1 Å². The molecule has 0 aliphatic rings. The molecule has 3 N–H and O–H groups in total. The van der Waals surface area contributed by atoms with Gasteiger partial charge in [-0.3, -0.25) is 0 Å². The van der Waals surface area contributed by atoms with Crippen LogP contribution in [0.15, 0.2) is 11.4 Å². The summed E-state index contributed by atoms with van der Waals surface area (Å²) in [7, 11) is 1.77. The van der Waals surface area contributed by atoms with Crippen LogP contribution in [0.25, 0.3) is 10.2 Å². The molecule has 0 aliphatic heterocycles. The fourth-order valence-electron chi connectivity index (χ4n) is 0.990. The highest BCUT2D eigenvalue weighted by molar-refractivity contribution is 7.16. The van der Waals surface area contributed by atoms with E-state index < -0.39 is 0 Å². The normalized spacial score (nSPS) is 10.4. The molecule has 5 heteroatoms. The second-order valence-electron chi connectivity index (χ2n) is 2.32. The Balaban J connectivity index is 2.75. The molecule has 0 aromatic carbocycles. The van der Waals surface area contributed by atoms with Crippen molar-refractivity contribution in [2.75, 3.05) is 18.1 Å². The minimum atomic E-state index is 0.533. The number of hydrogen-bond acceptors (Lipinski definition) is 5. The quantitative estimate of drug-likeness (QED) is 0.694. The molecule has 0 bridgehead atoms. The molecule has 2 aromatic rings. The fourth-order valence-corrected chi connectivity index (χ4v) is 1.76. The number of nitrogens with one attached hydrogen (secondary N) is 1. The molecule has 2 rings (SSSR count). The van der Waals surface area contributed by atoms with Crippen LogP contribution in [-0.4, -0.2) is 17.0 Å². The van der Waals surface area contributed by atoms with Crippen LogP contribution in [0, 0.1) is 0 Å². The van der Waals surface area contributed by atoms with Gasteiger partial charge in [-0.15, -0.1) is 11.3 Å². The van der Waals surface area contributed by atoms with Crippen LogP contribution in [0.4, 0.5) is 11.8 Å². The molecule has 0 unspecified atom stereocenters. The zero-order valence-corrected chi connectivity index (χ0v) is 7.35. The van der Waals surface area contributed by atoms with Crippen molar-refractivity contribution in [1.29, 1.82) is 0 Å². The number of nitrogen functional groups attached to an aromatic ring is 1. The summed E-state index contributed by atoms with van der Waals surface area (Å²) in [5.74, 6) is 1.10. The Morgan fingerprint density at radius 3 is 3.08 bits per heavy atom. The molecule has 0 saturated carbocycles. The Kier molecular flexibility index (Phi) is 1.58. The van der Waals surface area contributed by atoms with E-state index in [1.54, 1.807) is 18.4 Å². The monoisotopic (exact) mass is 180 g/mol. The molecule has 0 fully saturated rings. The summed E-state index contributed by atoms with van der Waals surface area (Å²) in [6.07, 6.45) is 0. The molecule has 0 radical (unpaired) electrons. The van der Waals surface area contributed by atoms with E-state index in [9.17, 15) is 0 Å². The SMILES string of the molecule is CNc1nc(N)c2ccsc2n1. The Morgan fingerprint density at radius 1 is 1.50 bits per heavy atom. The van der Waals surface area contributed by atoms with E-state index in [1.807, 2.05) is 11.4 Å². The minimum Gasteiger partial charge on any atom is -0.383 e. The number of nitrogens with zero attached hydrogens (tertiary/aromatic N) is 2. The molecule has 0 atom stereocenters. The standard InChI is InChI=1S/C7H8N4S/c1-9-7-10-5(8)4-2-3-12-6(4)11-7/h2-3H,1H3,(H3,8,9,10,11). The number of thiophene rings is 1. The van der Waals surface area contributed by atoms with Crippen LogP contribution in [-0.2, 0) is 0 Å².